The van der Waals surface area contributed by atoms with E-state index in [9.17, 15) is 4.79 Å². The predicted molar refractivity (Wildman–Crippen MR) is 68.9 cm³/mol. The Bertz CT molecular complexity index is 355. The summed E-state index contributed by atoms with van der Waals surface area (Å²) in [7, 11) is 0. The summed E-state index contributed by atoms with van der Waals surface area (Å²) in [6, 6.07) is 7.94. The molecule has 1 rings (SSSR count). The van der Waals surface area contributed by atoms with Crippen molar-refractivity contribution in [2.45, 2.75) is 19.8 Å². The van der Waals surface area contributed by atoms with Crippen molar-refractivity contribution < 1.29 is 9.90 Å². The van der Waals surface area contributed by atoms with Crippen molar-refractivity contribution in [1.29, 1.82) is 0 Å². The molecule has 0 bridgehead atoms. The number of carboxylic acids is 1. The van der Waals surface area contributed by atoms with Crippen LogP contribution < -0.4 is 4.90 Å². The highest BCUT2D eigenvalue weighted by Crippen LogP contribution is 2.20. The van der Waals surface area contributed by atoms with Gasteiger partial charge in [-0.25, -0.2) is 0 Å². The lowest BCUT2D eigenvalue weighted by molar-refractivity contribution is -0.136. The molecule has 0 saturated carbocycles. The van der Waals surface area contributed by atoms with Crippen LogP contribution in [0.1, 0.15) is 19.8 Å². The molecule has 16 heavy (non-hydrogen) atoms. The Kier molecular flexibility index (Phi) is 5.32. The maximum atomic E-state index is 10.6. The minimum Gasteiger partial charge on any atom is -0.481 e. The van der Waals surface area contributed by atoms with Gasteiger partial charge in [0, 0.05) is 23.2 Å². The fraction of sp³-hybridized carbons (Fsp3) is 0.417. The number of hydrogen-bond acceptors (Lipinski definition) is 2. The predicted octanol–water partition coefficient (Wildman–Crippen LogP) is 3.14. The van der Waals surface area contributed by atoms with E-state index in [0.29, 0.717) is 6.54 Å². The maximum Gasteiger partial charge on any atom is 0.305 e. The molecule has 1 N–H and O–H groups in total. The van der Waals surface area contributed by atoms with Crippen LogP contribution in [0.3, 0.4) is 0 Å². The van der Waals surface area contributed by atoms with Gasteiger partial charge in [0.2, 0.25) is 0 Å². The number of benzene rings is 1. The van der Waals surface area contributed by atoms with Crippen molar-refractivity contribution in [2.75, 3.05) is 18.0 Å². The summed E-state index contributed by atoms with van der Waals surface area (Å²) in [5, 5.41) is 8.70. The monoisotopic (exact) mass is 285 g/mol. The van der Waals surface area contributed by atoms with Gasteiger partial charge in [-0.1, -0.05) is 28.9 Å². The summed E-state index contributed by atoms with van der Waals surface area (Å²) in [5.41, 5.74) is 1.07. The Morgan fingerprint density at radius 1 is 1.44 bits per heavy atom. The molecule has 0 aliphatic heterocycles. The fourth-order valence-corrected chi connectivity index (χ4v) is 1.93. The van der Waals surface area contributed by atoms with E-state index in [1.165, 1.54) is 0 Å². The van der Waals surface area contributed by atoms with Crippen LogP contribution >= 0.6 is 15.9 Å². The van der Waals surface area contributed by atoms with Crippen molar-refractivity contribution in [3.05, 3.63) is 28.7 Å². The topological polar surface area (TPSA) is 40.5 Å². The summed E-state index contributed by atoms with van der Waals surface area (Å²) in [5.74, 6) is -0.754. The number of anilines is 1. The van der Waals surface area contributed by atoms with Crippen LogP contribution in [0.25, 0.3) is 0 Å². The van der Waals surface area contributed by atoms with Gasteiger partial charge in [0.1, 0.15) is 0 Å². The Labute approximate surface area is 104 Å². The van der Waals surface area contributed by atoms with Crippen molar-refractivity contribution in [2.24, 2.45) is 0 Å². The Balaban J connectivity index is 2.72. The summed E-state index contributed by atoms with van der Waals surface area (Å²) in [4.78, 5) is 12.7. The van der Waals surface area contributed by atoms with E-state index in [1.807, 2.05) is 24.3 Å². The van der Waals surface area contributed by atoms with E-state index < -0.39 is 5.97 Å². The van der Waals surface area contributed by atoms with Gasteiger partial charge in [-0.15, -0.1) is 0 Å². The molecule has 4 heteroatoms. The quantitative estimate of drug-likeness (QED) is 0.873. The molecule has 0 aliphatic carbocycles. The highest BCUT2D eigenvalue weighted by atomic mass is 79.9. The van der Waals surface area contributed by atoms with Crippen LogP contribution in [0.4, 0.5) is 5.69 Å². The first-order valence-corrected chi connectivity index (χ1v) is 6.15. The van der Waals surface area contributed by atoms with E-state index in [2.05, 4.69) is 27.8 Å². The average Bonchev–Trinajstić information content (AvgIpc) is 2.24. The minimum absolute atomic E-state index is 0.173. The summed E-state index contributed by atoms with van der Waals surface area (Å²) >= 11 is 3.42. The van der Waals surface area contributed by atoms with E-state index in [4.69, 9.17) is 5.11 Å². The molecule has 0 atom stereocenters. The third kappa shape index (κ3) is 4.23. The van der Waals surface area contributed by atoms with Crippen molar-refractivity contribution >= 4 is 27.6 Å². The van der Waals surface area contributed by atoms with Crippen LogP contribution in [-0.4, -0.2) is 24.2 Å². The third-order valence-electron chi connectivity index (χ3n) is 2.26. The second kappa shape index (κ2) is 6.53. The number of hydrogen-bond donors (Lipinski definition) is 1. The molecule has 0 unspecified atom stereocenters. The van der Waals surface area contributed by atoms with Crippen LogP contribution in [0, 0.1) is 0 Å². The number of nitrogens with zero attached hydrogens (tertiary/aromatic N) is 1. The Morgan fingerprint density at radius 2 is 2.19 bits per heavy atom. The number of rotatable bonds is 6. The van der Waals surface area contributed by atoms with Gasteiger partial charge in [0.25, 0.3) is 0 Å². The number of carbonyl (C=O) groups is 1. The third-order valence-corrected chi connectivity index (χ3v) is 2.76. The van der Waals surface area contributed by atoms with Gasteiger partial charge < -0.3 is 10.0 Å². The zero-order chi connectivity index (χ0) is 12.0. The molecule has 0 saturated heterocycles. The second-order valence-electron chi connectivity index (χ2n) is 3.61. The molecule has 0 radical (unpaired) electrons. The molecule has 0 spiro atoms. The molecule has 0 amide bonds. The van der Waals surface area contributed by atoms with Gasteiger partial charge in [-0.05, 0) is 24.6 Å². The smallest absolute Gasteiger partial charge is 0.305 e. The van der Waals surface area contributed by atoms with Crippen molar-refractivity contribution in [3.63, 3.8) is 0 Å². The van der Waals surface area contributed by atoms with E-state index in [0.717, 1.165) is 23.1 Å². The van der Waals surface area contributed by atoms with Gasteiger partial charge in [0.05, 0.1) is 6.42 Å². The summed E-state index contributed by atoms with van der Waals surface area (Å²) < 4.78 is 1.02. The van der Waals surface area contributed by atoms with E-state index in [-0.39, 0.29) is 6.42 Å². The molecule has 0 heterocycles. The van der Waals surface area contributed by atoms with Crippen LogP contribution in [0.5, 0.6) is 0 Å². The Hall–Kier alpha value is -1.03. The van der Waals surface area contributed by atoms with Gasteiger partial charge in [-0.2, -0.15) is 0 Å². The maximum absolute atomic E-state index is 10.6. The molecule has 1 aromatic rings. The van der Waals surface area contributed by atoms with E-state index >= 15 is 0 Å². The van der Waals surface area contributed by atoms with Crippen LogP contribution in [0.15, 0.2) is 28.7 Å². The van der Waals surface area contributed by atoms with Gasteiger partial charge in [0.15, 0.2) is 0 Å². The molecular weight excluding hydrogens is 270 g/mol. The molecule has 0 aliphatic rings. The average molecular weight is 286 g/mol. The van der Waals surface area contributed by atoms with E-state index in [1.54, 1.807) is 0 Å². The minimum atomic E-state index is -0.754. The molecule has 1 aromatic carbocycles. The first-order valence-electron chi connectivity index (χ1n) is 5.35. The molecule has 3 nitrogen and oxygen atoms in total. The number of halogens is 1. The summed E-state index contributed by atoms with van der Waals surface area (Å²) in [6.07, 6.45) is 1.18. The lowest BCUT2D eigenvalue weighted by Gasteiger charge is -2.23. The lowest BCUT2D eigenvalue weighted by Crippen LogP contribution is -2.26. The largest absolute Gasteiger partial charge is 0.481 e. The second-order valence-corrected chi connectivity index (χ2v) is 4.53. The van der Waals surface area contributed by atoms with Crippen molar-refractivity contribution in [3.8, 4) is 0 Å². The first kappa shape index (κ1) is 13.0. The Morgan fingerprint density at radius 3 is 2.75 bits per heavy atom. The SMILES string of the molecule is CCCN(CCC(=O)O)c1cccc(Br)c1. The highest BCUT2D eigenvalue weighted by Gasteiger charge is 2.07. The molecule has 0 fully saturated rings. The fourth-order valence-electron chi connectivity index (χ4n) is 1.54. The number of carboxylic acid groups (broad SMARTS) is 1. The first-order chi connectivity index (χ1) is 7.63. The van der Waals surface area contributed by atoms with Gasteiger partial charge in [-0.3, -0.25) is 4.79 Å². The summed E-state index contributed by atoms with van der Waals surface area (Å²) in [6.45, 7) is 3.52. The number of aliphatic carboxylic acids is 1. The van der Waals surface area contributed by atoms with Crippen LogP contribution in [-0.2, 0) is 4.79 Å². The molecule has 0 aromatic heterocycles. The zero-order valence-electron chi connectivity index (χ0n) is 9.32. The molecular formula is C12H16BrNO2. The standard InChI is InChI=1S/C12H16BrNO2/c1-2-7-14(8-6-12(15)16)11-5-3-4-10(13)9-11/h3-5,9H,2,6-8H2,1H3,(H,15,16). The van der Waals surface area contributed by atoms with Gasteiger partial charge >= 0.3 is 5.97 Å². The lowest BCUT2D eigenvalue weighted by atomic mass is 10.2. The zero-order valence-corrected chi connectivity index (χ0v) is 10.9. The van der Waals surface area contributed by atoms with Crippen molar-refractivity contribution in [1.82, 2.24) is 0 Å². The normalized spacial score (nSPS) is 10.1. The highest BCUT2D eigenvalue weighted by molar-refractivity contribution is 9.10. The molecule has 88 valence electrons. The van der Waals surface area contributed by atoms with Crippen LogP contribution in [0.2, 0.25) is 0 Å².